The van der Waals surface area contributed by atoms with Crippen molar-refractivity contribution in [2.24, 2.45) is 10.8 Å². The molecule has 124 valence electrons. The summed E-state index contributed by atoms with van der Waals surface area (Å²) in [6.45, 7) is 6.57. The number of amides is 1. The van der Waals surface area contributed by atoms with Crippen LogP contribution in [-0.4, -0.2) is 52.0 Å². The van der Waals surface area contributed by atoms with Gasteiger partial charge in [-0.1, -0.05) is 13.8 Å². The first kappa shape index (κ1) is 18.7. The maximum absolute atomic E-state index is 12.7. The number of halogens is 1. The minimum Gasteiger partial charge on any atom is -0.384 e. The molecule has 0 aromatic heterocycles. The van der Waals surface area contributed by atoms with Crippen molar-refractivity contribution in [2.75, 3.05) is 33.9 Å². The molecule has 1 heterocycles. The van der Waals surface area contributed by atoms with Crippen molar-refractivity contribution in [3.8, 4) is 0 Å². The summed E-state index contributed by atoms with van der Waals surface area (Å²) in [5, 5.41) is 6.55. The average molecular weight is 321 g/mol. The Morgan fingerprint density at radius 1 is 1.29 bits per heavy atom. The van der Waals surface area contributed by atoms with Crippen molar-refractivity contribution >= 4 is 18.3 Å². The van der Waals surface area contributed by atoms with Gasteiger partial charge in [0.15, 0.2) is 0 Å². The summed E-state index contributed by atoms with van der Waals surface area (Å²) in [7, 11) is 3.41. The van der Waals surface area contributed by atoms with E-state index < -0.39 is 0 Å². The lowest BCUT2D eigenvalue weighted by atomic mass is 9.64. The van der Waals surface area contributed by atoms with E-state index in [1.54, 1.807) is 14.2 Å². The first-order chi connectivity index (χ1) is 9.46. The van der Waals surface area contributed by atoms with Crippen LogP contribution < -0.4 is 10.6 Å². The maximum Gasteiger partial charge on any atom is 0.228 e. The third-order valence-corrected chi connectivity index (χ3v) is 5.23. The molecule has 0 radical (unpaired) electrons. The van der Waals surface area contributed by atoms with Gasteiger partial charge in [-0.25, -0.2) is 0 Å². The molecule has 0 aromatic carbocycles. The molecule has 21 heavy (non-hydrogen) atoms. The molecule has 2 atom stereocenters. The first-order valence-corrected chi connectivity index (χ1v) is 7.50. The molecule has 0 spiro atoms. The number of piperidine rings is 1. The zero-order valence-electron chi connectivity index (χ0n) is 13.5. The van der Waals surface area contributed by atoms with E-state index in [0.717, 1.165) is 32.4 Å². The molecule has 1 saturated heterocycles. The Labute approximate surface area is 133 Å². The second-order valence-corrected chi connectivity index (χ2v) is 6.77. The monoisotopic (exact) mass is 320 g/mol. The van der Waals surface area contributed by atoms with Crippen molar-refractivity contribution < 1.29 is 14.3 Å². The average Bonchev–Trinajstić information content (AvgIpc) is 2.44. The van der Waals surface area contributed by atoms with Crippen molar-refractivity contribution in [3.05, 3.63) is 0 Å². The van der Waals surface area contributed by atoms with Crippen LogP contribution >= 0.6 is 12.4 Å². The molecule has 2 rings (SSSR count). The van der Waals surface area contributed by atoms with Crippen LogP contribution in [0.1, 0.15) is 33.1 Å². The van der Waals surface area contributed by atoms with Gasteiger partial charge >= 0.3 is 0 Å². The van der Waals surface area contributed by atoms with Crippen LogP contribution in [0.25, 0.3) is 0 Å². The van der Waals surface area contributed by atoms with E-state index in [9.17, 15) is 4.79 Å². The van der Waals surface area contributed by atoms with Gasteiger partial charge in [0.2, 0.25) is 5.91 Å². The minimum atomic E-state index is -0.367. The third-order valence-electron chi connectivity index (χ3n) is 5.23. The maximum atomic E-state index is 12.7. The number of carbonyl (C=O) groups excluding carboxylic acids is 1. The molecule has 1 aliphatic carbocycles. The SMILES string of the molecule is COCC1(C(=O)NC2CC(OC)C2(C)C)CCNCC1.Cl. The highest BCUT2D eigenvalue weighted by atomic mass is 35.5. The number of ether oxygens (including phenoxy) is 2. The molecular weight excluding hydrogens is 292 g/mol. The topological polar surface area (TPSA) is 59.6 Å². The quantitative estimate of drug-likeness (QED) is 0.803. The van der Waals surface area contributed by atoms with Crippen LogP contribution in [0.4, 0.5) is 0 Å². The van der Waals surface area contributed by atoms with Crippen molar-refractivity contribution in [1.29, 1.82) is 0 Å². The van der Waals surface area contributed by atoms with Gasteiger partial charge < -0.3 is 20.1 Å². The van der Waals surface area contributed by atoms with Gasteiger partial charge in [0, 0.05) is 25.7 Å². The van der Waals surface area contributed by atoms with Crippen LogP contribution in [0.15, 0.2) is 0 Å². The Hall–Kier alpha value is -0.360. The smallest absolute Gasteiger partial charge is 0.228 e. The molecule has 1 aliphatic heterocycles. The standard InChI is InChI=1S/C15H28N2O3.ClH/c1-14(2)11(9-12(14)20-4)17-13(18)15(10-19-3)5-7-16-8-6-15;/h11-12,16H,5-10H2,1-4H3,(H,17,18);1H. The number of carbonyl (C=O) groups is 1. The number of methoxy groups -OCH3 is 2. The van der Waals surface area contributed by atoms with E-state index >= 15 is 0 Å². The van der Waals surface area contributed by atoms with Gasteiger partial charge in [0.1, 0.15) is 0 Å². The molecule has 2 N–H and O–H groups in total. The molecule has 1 saturated carbocycles. The van der Waals surface area contributed by atoms with Crippen LogP contribution in [0.5, 0.6) is 0 Å². The highest BCUT2D eigenvalue weighted by molar-refractivity contribution is 5.85. The van der Waals surface area contributed by atoms with Gasteiger partial charge in [0.05, 0.1) is 18.1 Å². The summed E-state index contributed by atoms with van der Waals surface area (Å²) in [4.78, 5) is 12.7. The van der Waals surface area contributed by atoms with E-state index in [0.29, 0.717) is 6.61 Å². The van der Waals surface area contributed by atoms with E-state index in [2.05, 4.69) is 24.5 Å². The fourth-order valence-corrected chi connectivity index (χ4v) is 3.46. The third kappa shape index (κ3) is 3.52. The Morgan fingerprint density at radius 3 is 2.38 bits per heavy atom. The lowest BCUT2D eigenvalue weighted by molar-refractivity contribution is -0.146. The van der Waals surface area contributed by atoms with E-state index in [1.807, 2.05) is 0 Å². The van der Waals surface area contributed by atoms with Crippen molar-refractivity contribution in [2.45, 2.75) is 45.3 Å². The normalized spacial score (nSPS) is 29.9. The Bertz CT molecular complexity index is 351. The number of hydrogen-bond donors (Lipinski definition) is 2. The Morgan fingerprint density at radius 2 is 1.90 bits per heavy atom. The molecule has 6 heteroatoms. The highest BCUT2D eigenvalue weighted by Gasteiger charge is 2.51. The zero-order chi connectivity index (χ0) is 14.8. The number of hydrogen-bond acceptors (Lipinski definition) is 4. The summed E-state index contributed by atoms with van der Waals surface area (Å²) >= 11 is 0. The summed E-state index contributed by atoms with van der Waals surface area (Å²) < 4.78 is 10.8. The van der Waals surface area contributed by atoms with E-state index in [4.69, 9.17) is 9.47 Å². The predicted molar refractivity (Wildman–Crippen MR) is 84.8 cm³/mol. The van der Waals surface area contributed by atoms with Crippen molar-refractivity contribution in [3.63, 3.8) is 0 Å². The Kier molecular flexibility index (Phi) is 6.47. The zero-order valence-corrected chi connectivity index (χ0v) is 14.3. The van der Waals surface area contributed by atoms with Gasteiger partial charge in [-0.3, -0.25) is 4.79 Å². The molecule has 0 aromatic rings. The van der Waals surface area contributed by atoms with E-state index in [1.165, 1.54) is 0 Å². The molecular formula is C15H29ClN2O3. The second kappa shape index (κ2) is 7.27. The van der Waals surface area contributed by atoms with Crippen LogP contribution in [0.3, 0.4) is 0 Å². The molecule has 2 unspecified atom stereocenters. The van der Waals surface area contributed by atoms with Crippen LogP contribution in [-0.2, 0) is 14.3 Å². The van der Waals surface area contributed by atoms with Crippen LogP contribution in [0.2, 0.25) is 0 Å². The molecule has 2 aliphatic rings. The van der Waals surface area contributed by atoms with Gasteiger partial charge in [0.25, 0.3) is 0 Å². The summed E-state index contributed by atoms with van der Waals surface area (Å²) in [5.41, 5.74) is -0.361. The Balaban J connectivity index is 0.00000220. The second-order valence-electron chi connectivity index (χ2n) is 6.77. The van der Waals surface area contributed by atoms with E-state index in [-0.39, 0.29) is 41.3 Å². The molecule has 2 fully saturated rings. The molecule has 0 bridgehead atoms. The fourth-order valence-electron chi connectivity index (χ4n) is 3.46. The van der Waals surface area contributed by atoms with Gasteiger partial charge in [-0.2, -0.15) is 0 Å². The van der Waals surface area contributed by atoms with Crippen LogP contribution in [0, 0.1) is 10.8 Å². The molecule has 5 nitrogen and oxygen atoms in total. The lowest BCUT2D eigenvalue weighted by Gasteiger charge is -2.52. The number of nitrogens with one attached hydrogen (secondary N) is 2. The lowest BCUT2D eigenvalue weighted by Crippen LogP contribution is -2.64. The number of rotatable bonds is 5. The summed E-state index contributed by atoms with van der Waals surface area (Å²) in [6, 6.07) is 0.198. The van der Waals surface area contributed by atoms with Gasteiger partial charge in [-0.15, -0.1) is 12.4 Å². The molecule has 1 amide bonds. The minimum absolute atomic E-state index is 0. The van der Waals surface area contributed by atoms with Gasteiger partial charge in [-0.05, 0) is 32.4 Å². The predicted octanol–water partition coefficient (Wildman–Crippen LogP) is 1.35. The summed E-state index contributed by atoms with van der Waals surface area (Å²) in [5.74, 6) is 0.147. The van der Waals surface area contributed by atoms with Crippen molar-refractivity contribution in [1.82, 2.24) is 10.6 Å². The first-order valence-electron chi connectivity index (χ1n) is 7.50. The summed E-state index contributed by atoms with van der Waals surface area (Å²) in [6.07, 6.45) is 2.82. The fraction of sp³-hybridized carbons (Fsp3) is 0.933. The highest BCUT2D eigenvalue weighted by Crippen LogP contribution is 2.43. The largest absolute Gasteiger partial charge is 0.384 e.